The van der Waals surface area contributed by atoms with E-state index in [-0.39, 0.29) is 16.8 Å². The summed E-state index contributed by atoms with van der Waals surface area (Å²) in [4.78, 5) is 12.0. The van der Waals surface area contributed by atoms with Crippen molar-refractivity contribution >= 4 is 5.78 Å². The van der Waals surface area contributed by atoms with Crippen molar-refractivity contribution in [1.82, 2.24) is 0 Å². The number of hydrogen-bond donors (Lipinski definition) is 0. The van der Waals surface area contributed by atoms with Gasteiger partial charge >= 0.3 is 0 Å². The van der Waals surface area contributed by atoms with Crippen LogP contribution in [0, 0.1) is 0 Å². The molecule has 1 heterocycles. The zero-order valence-corrected chi connectivity index (χ0v) is 14.3. The Balaban J connectivity index is 2.55. The summed E-state index contributed by atoms with van der Waals surface area (Å²) in [6.07, 6.45) is 4.14. The van der Waals surface area contributed by atoms with Gasteiger partial charge in [-0.25, -0.2) is 0 Å². The lowest BCUT2D eigenvalue weighted by molar-refractivity contribution is 0.0532. The number of Topliss-reactive ketones (excluding diaryl/α,β-unsaturated/α-hetero) is 1. The fourth-order valence-electron chi connectivity index (χ4n) is 3.63. The normalized spacial score (nSPS) is 18.8. The molecule has 0 aliphatic carbocycles. The summed E-state index contributed by atoms with van der Waals surface area (Å²) >= 11 is 0. The number of benzene rings is 1. The average Bonchev–Trinajstić information content (AvgIpc) is 2.32. The molecule has 21 heavy (non-hydrogen) atoms. The van der Waals surface area contributed by atoms with Gasteiger partial charge in [0.05, 0.1) is 0 Å². The fraction of sp³-hybridized carbons (Fsp3) is 0.632. The van der Waals surface area contributed by atoms with Crippen LogP contribution in [0.25, 0.3) is 0 Å². The minimum Gasteiger partial charge on any atom is -0.488 e. The first-order valence-electron chi connectivity index (χ1n) is 8.03. The molecule has 1 aromatic carbocycles. The lowest BCUT2D eigenvalue weighted by atomic mass is 9.72. The van der Waals surface area contributed by atoms with Crippen molar-refractivity contribution in [2.45, 2.75) is 78.2 Å². The monoisotopic (exact) mass is 288 g/mol. The van der Waals surface area contributed by atoms with Crippen LogP contribution >= 0.6 is 0 Å². The van der Waals surface area contributed by atoms with Crippen LogP contribution < -0.4 is 4.74 Å². The zero-order chi connectivity index (χ0) is 15.8. The molecule has 0 fully saturated rings. The Bertz CT molecular complexity index is 553. The van der Waals surface area contributed by atoms with E-state index in [1.807, 2.05) is 0 Å². The number of rotatable bonds is 4. The molecule has 0 spiro atoms. The van der Waals surface area contributed by atoms with Gasteiger partial charge in [0.15, 0.2) is 5.78 Å². The van der Waals surface area contributed by atoms with Gasteiger partial charge in [-0.05, 0) is 63.1 Å². The number of ketones is 1. The molecule has 1 aromatic rings. The molecule has 0 saturated heterocycles. The summed E-state index contributed by atoms with van der Waals surface area (Å²) in [5.74, 6) is 1.12. The molecule has 2 heteroatoms. The molecular formula is C19H28O2. The first-order valence-corrected chi connectivity index (χ1v) is 8.03. The van der Waals surface area contributed by atoms with E-state index in [1.165, 1.54) is 5.56 Å². The van der Waals surface area contributed by atoms with E-state index in [2.05, 4.69) is 46.8 Å². The third-order valence-electron chi connectivity index (χ3n) is 4.37. The van der Waals surface area contributed by atoms with Crippen molar-refractivity contribution in [3.05, 3.63) is 28.8 Å². The Morgan fingerprint density at radius 1 is 1.24 bits per heavy atom. The largest absolute Gasteiger partial charge is 0.488 e. The second kappa shape index (κ2) is 5.47. The van der Waals surface area contributed by atoms with Crippen LogP contribution in [0.2, 0.25) is 0 Å². The maximum atomic E-state index is 12.0. The highest BCUT2D eigenvalue weighted by molar-refractivity contribution is 5.96. The van der Waals surface area contributed by atoms with Crippen LogP contribution in [0.1, 0.15) is 82.3 Å². The molecule has 0 amide bonds. The lowest BCUT2D eigenvalue weighted by Crippen LogP contribution is -2.41. The van der Waals surface area contributed by atoms with Gasteiger partial charge < -0.3 is 4.74 Å². The molecule has 116 valence electrons. The third-order valence-corrected chi connectivity index (χ3v) is 4.37. The van der Waals surface area contributed by atoms with E-state index in [4.69, 9.17) is 4.74 Å². The average molecular weight is 288 g/mol. The second-order valence-electron chi connectivity index (χ2n) is 7.59. The maximum Gasteiger partial charge on any atom is 0.160 e. The van der Waals surface area contributed by atoms with Gasteiger partial charge in [-0.3, -0.25) is 4.79 Å². The van der Waals surface area contributed by atoms with Crippen molar-refractivity contribution < 1.29 is 9.53 Å². The van der Waals surface area contributed by atoms with Gasteiger partial charge in [0.25, 0.3) is 0 Å². The number of hydrogen-bond acceptors (Lipinski definition) is 2. The molecular weight excluding hydrogens is 260 g/mol. The van der Waals surface area contributed by atoms with Crippen molar-refractivity contribution in [1.29, 1.82) is 0 Å². The van der Waals surface area contributed by atoms with E-state index in [1.54, 1.807) is 6.92 Å². The van der Waals surface area contributed by atoms with E-state index in [0.717, 1.165) is 42.6 Å². The maximum absolute atomic E-state index is 12.0. The Hall–Kier alpha value is -1.31. The first-order chi connectivity index (χ1) is 9.66. The lowest BCUT2D eigenvalue weighted by Gasteiger charge is -2.42. The topological polar surface area (TPSA) is 26.3 Å². The second-order valence-corrected chi connectivity index (χ2v) is 7.59. The number of fused-ring (bicyclic) bond motifs is 1. The fourth-order valence-corrected chi connectivity index (χ4v) is 3.63. The smallest absolute Gasteiger partial charge is 0.160 e. The Kier molecular flexibility index (Phi) is 4.19. The Labute approximate surface area is 128 Å². The predicted molar refractivity (Wildman–Crippen MR) is 87.4 cm³/mol. The van der Waals surface area contributed by atoms with Gasteiger partial charge in [0.1, 0.15) is 11.4 Å². The van der Waals surface area contributed by atoms with Gasteiger partial charge in [-0.2, -0.15) is 0 Å². The van der Waals surface area contributed by atoms with E-state index in [0.29, 0.717) is 0 Å². The quantitative estimate of drug-likeness (QED) is 0.723. The molecule has 0 unspecified atom stereocenters. The summed E-state index contributed by atoms with van der Waals surface area (Å²) in [7, 11) is 0. The minimum absolute atomic E-state index is 0.0323. The SMILES string of the molecule is CCCCc1cc2c(cc1C(C)=O)C(C)(C)CC(C)(C)O2. The third kappa shape index (κ3) is 3.30. The Morgan fingerprint density at radius 2 is 1.90 bits per heavy atom. The van der Waals surface area contributed by atoms with E-state index < -0.39 is 0 Å². The number of carbonyl (C=O) groups excluding carboxylic acids is 1. The summed E-state index contributed by atoms with van der Waals surface area (Å²) in [5, 5.41) is 0. The summed E-state index contributed by atoms with van der Waals surface area (Å²) in [5.41, 5.74) is 3.06. The highest BCUT2D eigenvalue weighted by Crippen LogP contribution is 2.45. The molecule has 1 aliphatic heterocycles. The van der Waals surface area contributed by atoms with Crippen LogP contribution in [-0.4, -0.2) is 11.4 Å². The molecule has 0 aromatic heterocycles. The van der Waals surface area contributed by atoms with Crippen LogP contribution in [0.4, 0.5) is 0 Å². The van der Waals surface area contributed by atoms with Crippen molar-refractivity contribution in [2.24, 2.45) is 0 Å². The molecule has 0 atom stereocenters. The van der Waals surface area contributed by atoms with Crippen LogP contribution in [0.5, 0.6) is 5.75 Å². The van der Waals surface area contributed by atoms with Crippen molar-refractivity contribution in [3.63, 3.8) is 0 Å². The number of aryl methyl sites for hydroxylation is 1. The van der Waals surface area contributed by atoms with Crippen molar-refractivity contribution in [2.75, 3.05) is 0 Å². The summed E-state index contributed by atoms with van der Waals surface area (Å²) < 4.78 is 6.20. The van der Waals surface area contributed by atoms with Gasteiger partial charge in [-0.1, -0.05) is 27.2 Å². The van der Waals surface area contributed by atoms with Crippen LogP contribution in [-0.2, 0) is 11.8 Å². The van der Waals surface area contributed by atoms with Gasteiger partial charge in [0.2, 0.25) is 0 Å². The molecule has 1 aliphatic rings. The first kappa shape index (κ1) is 16.1. The number of ether oxygens (including phenoxy) is 1. The molecule has 0 N–H and O–H groups in total. The number of carbonyl (C=O) groups is 1. The molecule has 0 saturated carbocycles. The molecule has 2 nitrogen and oxygen atoms in total. The zero-order valence-electron chi connectivity index (χ0n) is 14.3. The van der Waals surface area contributed by atoms with Gasteiger partial charge in [-0.15, -0.1) is 0 Å². The number of unbranched alkanes of at least 4 members (excludes halogenated alkanes) is 1. The Morgan fingerprint density at radius 3 is 2.48 bits per heavy atom. The van der Waals surface area contributed by atoms with Crippen molar-refractivity contribution in [3.8, 4) is 5.75 Å². The highest BCUT2D eigenvalue weighted by atomic mass is 16.5. The minimum atomic E-state index is -0.156. The van der Waals surface area contributed by atoms with Gasteiger partial charge in [0, 0.05) is 11.1 Å². The van der Waals surface area contributed by atoms with E-state index >= 15 is 0 Å². The highest BCUT2D eigenvalue weighted by Gasteiger charge is 2.39. The van der Waals surface area contributed by atoms with E-state index in [9.17, 15) is 4.79 Å². The predicted octanol–water partition coefficient (Wildman–Crippen LogP) is 5.07. The molecule has 0 bridgehead atoms. The summed E-state index contributed by atoms with van der Waals surface area (Å²) in [6.45, 7) is 12.6. The standard InChI is InChI=1S/C19H28O2/c1-7-8-9-14-10-17-16(11-15(14)13(2)20)18(3,4)12-19(5,6)21-17/h10-11H,7-9,12H2,1-6H3. The van der Waals surface area contributed by atoms with Crippen LogP contribution in [0.15, 0.2) is 12.1 Å². The summed E-state index contributed by atoms with van der Waals surface area (Å²) in [6, 6.07) is 4.20. The van der Waals surface area contributed by atoms with Crippen LogP contribution in [0.3, 0.4) is 0 Å². The molecule has 0 radical (unpaired) electrons. The molecule has 2 rings (SSSR count).